The Hall–Kier alpha value is -0.880. The third kappa shape index (κ3) is 3.01. The maximum absolute atomic E-state index is 11.5. The van der Waals surface area contributed by atoms with Gasteiger partial charge in [0.05, 0.1) is 10.4 Å². The summed E-state index contributed by atoms with van der Waals surface area (Å²) in [5.74, 6) is -0.728. The Labute approximate surface area is 136 Å². The quantitative estimate of drug-likeness (QED) is 0.895. The first-order chi connectivity index (χ1) is 10.1. The van der Waals surface area contributed by atoms with Gasteiger partial charge in [0.2, 0.25) is 0 Å². The molecule has 0 aromatic carbocycles. The summed E-state index contributed by atoms with van der Waals surface area (Å²) < 4.78 is 0.745. The van der Waals surface area contributed by atoms with Crippen molar-refractivity contribution in [3.05, 3.63) is 43.2 Å². The van der Waals surface area contributed by atoms with Crippen LogP contribution in [-0.4, -0.2) is 28.6 Å². The molecule has 0 spiro atoms. The van der Waals surface area contributed by atoms with Gasteiger partial charge < -0.3 is 5.11 Å². The van der Waals surface area contributed by atoms with E-state index >= 15 is 0 Å². The lowest BCUT2D eigenvalue weighted by molar-refractivity contribution is -0.142. The number of carbonyl (C=O) groups is 1. The number of thiophene rings is 2. The fourth-order valence-electron chi connectivity index (χ4n) is 2.91. The zero-order chi connectivity index (χ0) is 15.0. The number of carboxylic acids is 1. The van der Waals surface area contributed by atoms with Gasteiger partial charge in [-0.2, -0.15) is 0 Å². The van der Waals surface area contributed by atoms with Gasteiger partial charge in [0.1, 0.15) is 6.04 Å². The number of hydrogen-bond acceptors (Lipinski definition) is 4. The first kappa shape index (κ1) is 15.0. The molecule has 0 radical (unpaired) electrons. The van der Waals surface area contributed by atoms with Crippen molar-refractivity contribution in [2.45, 2.75) is 31.8 Å². The molecule has 2 aromatic rings. The van der Waals surface area contributed by atoms with Crippen molar-refractivity contribution in [2.24, 2.45) is 0 Å². The van der Waals surface area contributed by atoms with Crippen LogP contribution in [-0.2, 0) is 4.79 Å². The Morgan fingerprint density at radius 2 is 2.05 bits per heavy atom. The van der Waals surface area contributed by atoms with E-state index in [-0.39, 0.29) is 6.04 Å². The summed E-state index contributed by atoms with van der Waals surface area (Å²) in [5.41, 5.74) is 0. The summed E-state index contributed by atoms with van der Waals surface area (Å²) in [5, 5.41) is 9.48. The molecule has 2 atom stereocenters. The Balaban J connectivity index is 2.02. The number of hydrogen-bond donors (Lipinski definition) is 1. The molecule has 1 aliphatic heterocycles. The zero-order valence-corrected chi connectivity index (χ0v) is 14.0. The van der Waals surface area contributed by atoms with Crippen LogP contribution in [0.25, 0.3) is 0 Å². The zero-order valence-electron chi connectivity index (χ0n) is 11.6. The van der Waals surface area contributed by atoms with E-state index in [0.29, 0.717) is 0 Å². The molecular weight excluding hydrogens is 326 g/mol. The second kappa shape index (κ2) is 6.08. The smallest absolute Gasteiger partial charge is 0.320 e. The van der Waals surface area contributed by atoms with Crippen molar-refractivity contribution in [1.29, 1.82) is 0 Å². The maximum atomic E-state index is 11.5. The number of halogens is 1. The monoisotopic (exact) mass is 341 g/mol. The molecular formula is C15H16ClNO2S2. The number of carboxylic acid groups (broad SMARTS) is 1. The Kier molecular flexibility index (Phi) is 4.36. The van der Waals surface area contributed by atoms with Crippen molar-refractivity contribution in [1.82, 2.24) is 4.90 Å². The molecule has 1 N–H and O–H groups in total. The van der Waals surface area contributed by atoms with Crippen LogP contribution in [0.4, 0.5) is 0 Å². The molecule has 1 aliphatic rings. The van der Waals surface area contributed by atoms with Gasteiger partial charge in [0.15, 0.2) is 0 Å². The van der Waals surface area contributed by atoms with Gasteiger partial charge in [-0.05, 0) is 44.0 Å². The van der Waals surface area contributed by atoms with E-state index < -0.39 is 12.0 Å². The van der Waals surface area contributed by atoms with Gasteiger partial charge in [0.25, 0.3) is 0 Å². The molecule has 1 fully saturated rings. The molecule has 6 heteroatoms. The normalized spacial score (nSPS) is 20.8. The first-order valence-corrected chi connectivity index (χ1v) is 8.87. The SMILES string of the molecule is Cc1ccc(C(c2ccc(Cl)s2)N2CCCC2C(=O)O)s1. The third-order valence-corrected chi connectivity index (χ3v) is 6.14. The van der Waals surface area contributed by atoms with Crippen molar-refractivity contribution < 1.29 is 9.90 Å². The van der Waals surface area contributed by atoms with Crippen molar-refractivity contribution >= 4 is 40.2 Å². The van der Waals surface area contributed by atoms with Gasteiger partial charge in [0, 0.05) is 21.2 Å². The van der Waals surface area contributed by atoms with Crippen LogP contribution in [0.15, 0.2) is 24.3 Å². The summed E-state index contributed by atoms with van der Waals surface area (Å²) in [6, 6.07) is 7.71. The van der Waals surface area contributed by atoms with Crippen LogP contribution in [0, 0.1) is 6.92 Å². The van der Waals surface area contributed by atoms with Crippen LogP contribution in [0.5, 0.6) is 0 Å². The van der Waals surface area contributed by atoms with Gasteiger partial charge >= 0.3 is 5.97 Å². The van der Waals surface area contributed by atoms with E-state index in [2.05, 4.69) is 24.0 Å². The third-order valence-electron chi connectivity index (χ3n) is 3.81. The summed E-state index contributed by atoms with van der Waals surface area (Å²) in [6.45, 7) is 2.89. The number of aliphatic carboxylic acids is 1. The molecule has 0 aliphatic carbocycles. The van der Waals surface area contributed by atoms with Crippen LogP contribution in [0.3, 0.4) is 0 Å². The second-order valence-corrected chi connectivity index (χ2v) is 8.29. The molecule has 3 heterocycles. The van der Waals surface area contributed by atoms with E-state index in [0.717, 1.165) is 28.6 Å². The molecule has 2 unspecified atom stereocenters. The van der Waals surface area contributed by atoms with Crippen LogP contribution >= 0.6 is 34.3 Å². The van der Waals surface area contributed by atoms with E-state index in [4.69, 9.17) is 11.6 Å². The largest absolute Gasteiger partial charge is 0.480 e. The summed E-state index contributed by atoms with van der Waals surface area (Å²) in [6.07, 6.45) is 1.65. The minimum Gasteiger partial charge on any atom is -0.480 e. The minimum atomic E-state index is -0.728. The summed E-state index contributed by atoms with van der Waals surface area (Å²) in [7, 11) is 0. The lowest BCUT2D eigenvalue weighted by Crippen LogP contribution is -2.38. The highest BCUT2D eigenvalue weighted by molar-refractivity contribution is 7.16. The molecule has 0 bridgehead atoms. The average Bonchev–Trinajstić information content (AvgIpc) is 3.13. The first-order valence-electron chi connectivity index (χ1n) is 6.86. The Bertz CT molecular complexity index is 611. The maximum Gasteiger partial charge on any atom is 0.320 e. The predicted octanol–water partition coefficient (Wildman–Crippen LogP) is 4.41. The van der Waals surface area contributed by atoms with Crippen molar-refractivity contribution in [2.75, 3.05) is 6.54 Å². The Morgan fingerprint density at radius 1 is 1.33 bits per heavy atom. The van der Waals surface area contributed by atoms with E-state index in [1.807, 2.05) is 12.1 Å². The summed E-state index contributed by atoms with van der Waals surface area (Å²) in [4.78, 5) is 17.2. The molecule has 0 saturated carbocycles. The van der Waals surface area contributed by atoms with Gasteiger partial charge in [-0.1, -0.05) is 11.6 Å². The highest BCUT2D eigenvalue weighted by atomic mass is 35.5. The average molecular weight is 342 g/mol. The molecule has 3 rings (SSSR count). The molecule has 1 saturated heterocycles. The van der Waals surface area contributed by atoms with Crippen LogP contribution < -0.4 is 0 Å². The molecule has 0 amide bonds. The standard InChI is InChI=1S/C15H16ClNO2S2/c1-9-4-5-11(20-9)14(12-6-7-13(16)21-12)17-8-2-3-10(17)15(18)19/h4-7,10,14H,2-3,8H2,1H3,(H,18,19). The lowest BCUT2D eigenvalue weighted by atomic mass is 10.1. The molecule has 21 heavy (non-hydrogen) atoms. The van der Waals surface area contributed by atoms with Crippen molar-refractivity contribution in [3.8, 4) is 0 Å². The van der Waals surface area contributed by atoms with Crippen LogP contribution in [0.1, 0.15) is 33.5 Å². The Morgan fingerprint density at radius 3 is 2.62 bits per heavy atom. The number of rotatable bonds is 4. The number of likely N-dealkylation sites (tertiary alicyclic amines) is 1. The van der Waals surface area contributed by atoms with Gasteiger partial charge in [-0.3, -0.25) is 9.69 Å². The van der Waals surface area contributed by atoms with E-state index in [1.165, 1.54) is 21.1 Å². The van der Waals surface area contributed by atoms with E-state index in [1.54, 1.807) is 11.3 Å². The summed E-state index contributed by atoms with van der Waals surface area (Å²) >= 11 is 9.36. The number of nitrogens with zero attached hydrogens (tertiary/aromatic N) is 1. The number of aryl methyl sites for hydroxylation is 1. The fraction of sp³-hybridized carbons (Fsp3) is 0.400. The topological polar surface area (TPSA) is 40.5 Å². The van der Waals surface area contributed by atoms with Crippen molar-refractivity contribution in [3.63, 3.8) is 0 Å². The fourth-order valence-corrected chi connectivity index (χ4v) is 5.20. The van der Waals surface area contributed by atoms with Crippen LogP contribution in [0.2, 0.25) is 4.34 Å². The molecule has 112 valence electrons. The molecule has 3 nitrogen and oxygen atoms in total. The second-order valence-electron chi connectivity index (χ2n) is 5.23. The minimum absolute atomic E-state index is 0.00444. The predicted molar refractivity (Wildman–Crippen MR) is 87.6 cm³/mol. The molecule has 2 aromatic heterocycles. The lowest BCUT2D eigenvalue weighted by Gasteiger charge is -2.29. The highest BCUT2D eigenvalue weighted by Gasteiger charge is 2.37. The highest BCUT2D eigenvalue weighted by Crippen LogP contribution is 2.41. The van der Waals surface area contributed by atoms with E-state index in [9.17, 15) is 9.90 Å². The van der Waals surface area contributed by atoms with Gasteiger partial charge in [-0.25, -0.2) is 0 Å². The van der Waals surface area contributed by atoms with Gasteiger partial charge in [-0.15, -0.1) is 22.7 Å².